The van der Waals surface area contributed by atoms with Gasteiger partial charge in [-0.05, 0) is 21.0 Å². The summed E-state index contributed by atoms with van der Waals surface area (Å²) in [6.07, 6.45) is 0.715. The van der Waals surface area contributed by atoms with E-state index in [0.29, 0.717) is 37.6 Å². The van der Waals surface area contributed by atoms with Gasteiger partial charge in [-0.3, -0.25) is 14.4 Å². The normalized spacial score (nSPS) is 17.6. The van der Waals surface area contributed by atoms with Crippen molar-refractivity contribution in [3.63, 3.8) is 0 Å². The minimum Gasteiger partial charge on any atom is -0.355 e. The van der Waals surface area contributed by atoms with Gasteiger partial charge >= 0.3 is 0 Å². The number of nitrogens with zero attached hydrogens (tertiary/aromatic N) is 3. The van der Waals surface area contributed by atoms with Gasteiger partial charge in [-0.25, -0.2) is 4.98 Å². The molecule has 0 aromatic carbocycles. The standard InChI is InChI=1S/C16H25N5O3/c1-11-8-14(22)19-13(18-11)4-5-17-16(24)12-9-15(23)21(10-12)7-6-20(2)3/h8,12H,4-7,9-10H2,1-3H3,(H,17,24)(H,18,19,22). The summed E-state index contributed by atoms with van der Waals surface area (Å²) in [5.74, 6) is 0.159. The van der Waals surface area contributed by atoms with Crippen molar-refractivity contribution in [3.05, 3.63) is 27.9 Å². The van der Waals surface area contributed by atoms with Crippen LogP contribution in [0.5, 0.6) is 0 Å². The Morgan fingerprint density at radius 3 is 2.88 bits per heavy atom. The molecule has 0 bridgehead atoms. The maximum absolute atomic E-state index is 12.2. The first-order valence-corrected chi connectivity index (χ1v) is 8.12. The van der Waals surface area contributed by atoms with Crippen molar-refractivity contribution in [1.82, 2.24) is 25.1 Å². The van der Waals surface area contributed by atoms with Crippen LogP contribution in [0.2, 0.25) is 0 Å². The number of likely N-dealkylation sites (tertiary alicyclic amines) is 1. The third-order valence-electron chi connectivity index (χ3n) is 3.98. The van der Waals surface area contributed by atoms with Gasteiger partial charge in [0.2, 0.25) is 11.8 Å². The molecule has 132 valence electrons. The molecule has 0 saturated carbocycles. The lowest BCUT2D eigenvalue weighted by atomic mass is 10.1. The average molecular weight is 335 g/mol. The Labute approximate surface area is 141 Å². The third-order valence-corrected chi connectivity index (χ3v) is 3.98. The second-order valence-corrected chi connectivity index (χ2v) is 6.42. The van der Waals surface area contributed by atoms with Gasteiger partial charge < -0.3 is 20.1 Å². The van der Waals surface area contributed by atoms with Gasteiger partial charge in [-0.15, -0.1) is 0 Å². The maximum Gasteiger partial charge on any atom is 0.251 e. The van der Waals surface area contributed by atoms with Gasteiger partial charge in [0, 0.05) is 50.8 Å². The molecule has 1 fully saturated rings. The molecule has 24 heavy (non-hydrogen) atoms. The fourth-order valence-corrected chi connectivity index (χ4v) is 2.69. The molecule has 2 heterocycles. The Hall–Kier alpha value is -2.22. The van der Waals surface area contributed by atoms with Crippen LogP contribution in [0.3, 0.4) is 0 Å². The fourth-order valence-electron chi connectivity index (χ4n) is 2.69. The molecule has 0 radical (unpaired) electrons. The number of carbonyl (C=O) groups is 2. The number of hydrogen-bond donors (Lipinski definition) is 2. The van der Waals surface area contributed by atoms with Crippen LogP contribution in [-0.4, -0.2) is 71.9 Å². The molecule has 0 spiro atoms. The number of aromatic amines is 1. The molecular formula is C16H25N5O3. The van der Waals surface area contributed by atoms with Crippen molar-refractivity contribution in [3.8, 4) is 0 Å². The number of aryl methyl sites for hydroxylation is 1. The predicted octanol–water partition coefficient (Wildman–Crippen LogP) is -0.853. The highest BCUT2D eigenvalue weighted by molar-refractivity contribution is 5.89. The molecule has 1 unspecified atom stereocenters. The van der Waals surface area contributed by atoms with Crippen molar-refractivity contribution < 1.29 is 9.59 Å². The van der Waals surface area contributed by atoms with Crippen LogP contribution in [0, 0.1) is 12.8 Å². The number of aromatic nitrogens is 2. The first-order chi connectivity index (χ1) is 11.3. The topological polar surface area (TPSA) is 98.4 Å². The minimum atomic E-state index is -0.302. The van der Waals surface area contributed by atoms with E-state index in [1.807, 2.05) is 19.0 Å². The van der Waals surface area contributed by atoms with E-state index in [9.17, 15) is 14.4 Å². The number of likely N-dealkylation sites (N-methyl/N-ethyl adjacent to an activating group) is 1. The molecule has 2 rings (SSSR count). The van der Waals surface area contributed by atoms with Crippen LogP contribution in [0.25, 0.3) is 0 Å². The van der Waals surface area contributed by atoms with Gasteiger partial charge in [0.25, 0.3) is 5.56 Å². The predicted molar refractivity (Wildman–Crippen MR) is 89.5 cm³/mol. The fraction of sp³-hybridized carbons (Fsp3) is 0.625. The zero-order valence-electron chi connectivity index (χ0n) is 14.5. The highest BCUT2D eigenvalue weighted by Gasteiger charge is 2.33. The van der Waals surface area contributed by atoms with Crippen molar-refractivity contribution in [2.45, 2.75) is 19.8 Å². The monoisotopic (exact) mass is 335 g/mol. The van der Waals surface area contributed by atoms with Crippen molar-refractivity contribution in [2.75, 3.05) is 40.3 Å². The van der Waals surface area contributed by atoms with Crippen LogP contribution in [-0.2, 0) is 16.0 Å². The molecule has 8 nitrogen and oxygen atoms in total. The van der Waals surface area contributed by atoms with Crippen molar-refractivity contribution in [2.24, 2.45) is 5.92 Å². The Balaban J connectivity index is 1.78. The minimum absolute atomic E-state index is 0.0293. The molecule has 2 N–H and O–H groups in total. The van der Waals surface area contributed by atoms with Crippen LogP contribution in [0.1, 0.15) is 17.9 Å². The quantitative estimate of drug-likeness (QED) is 0.676. The average Bonchev–Trinajstić information content (AvgIpc) is 2.85. The zero-order chi connectivity index (χ0) is 17.7. The van der Waals surface area contributed by atoms with E-state index in [4.69, 9.17) is 0 Å². The lowest BCUT2D eigenvalue weighted by molar-refractivity contribution is -0.129. The van der Waals surface area contributed by atoms with Gasteiger partial charge in [-0.1, -0.05) is 0 Å². The van der Waals surface area contributed by atoms with E-state index in [-0.39, 0.29) is 29.7 Å². The first-order valence-electron chi connectivity index (χ1n) is 8.12. The smallest absolute Gasteiger partial charge is 0.251 e. The van der Waals surface area contributed by atoms with E-state index >= 15 is 0 Å². The summed E-state index contributed by atoms with van der Waals surface area (Å²) in [6.45, 7) is 4.03. The molecule has 1 aliphatic heterocycles. The van der Waals surface area contributed by atoms with Crippen LogP contribution >= 0.6 is 0 Å². The number of H-pyrrole nitrogens is 1. The Kier molecular flexibility index (Phi) is 6.08. The van der Waals surface area contributed by atoms with E-state index in [0.717, 1.165) is 6.54 Å². The summed E-state index contributed by atoms with van der Waals surface area (Å²) >= 11 is 0. The Morgan fingerprint density at radius 1 is 1.46 bits per heavy atom. The largest absolute Gasteiger partial charge is 0.355 e. The molecule has 8 heteroatoms. The lowest BCUT2D eigenvalue weighted by Crippen LogP contribution is -2.36. The van der Waals surface area contributed by atoms with E-state index < -0.39 is 0 Å². The molecular weight excluding hydrogens is 310 g/mol. The first kappa shape index (κ1) is 18.1. The van der Waals surface area contributed by atoms with Gasteiger partial charge in [0.15, 0.2) is 0 Å². The van der Waals surface area contributed by atoms with Crippen LogP contribution in [0.4, 0.5) is 0 Å². The number of rotatable bonds is 7. The van der Waals surface area contributed by atoms with Crippen LogP contribution in [0.15, 0.2) is 10.9 Å². The number of nitrogens with one attached hydrogen (secondary N) is 2. The van der Waals surface area contributed by atoms with Gasteiger partial charge in [0.05, 0.1) is 5.92 Å². The molecule has 1 saturated heterocycles. The van der Waals surface area contributed by atoms with E-state index in [2.05, 4.69) is 15.3 Å². The number of hydrogen-bond acceptors (Lipinski definition) is 5. The number of amides is 2. The highest BCUT2D eigenvalue weighted by atomic mass is 16.2. The summed E-state index contributed by atoms with van der Waals surface area (Å²) in [7, 11) is 3.91. The zero-order valence-corrected chi connectivity index (χ0v) is 14.5. The second-order valence-electron chi connectivity index (χ2n) is 6.42. The van der Waals surface area contributed by atoms with E-state index in [1.165, 1.54) is 6.07 Å². The second kappa shape index (κ2) is 8.05. The molecule has 1 atom stereocenters. The Bertz CT molecular complexity index is 655. The molecule has 0 aliphatic carbocycles. The van der Waals surface area contributed by atoms with Crippen LogP contribution < -0.4 is 10.9 Å². The van der Waals surface area contributed by atoms with Gasteiger partial charge in [-0.2, -0.15) is 0 Å². The van der Waals surface area contributed by atoms with Crippen molar-refractivity contribution >= 4 is 11.8 Å². The summed E-state index contributed by atoms with van der Waals surface area (Å²) in [5.41, 5.74) is 0.458. The molecule has 1 aliphatic rings. The molecule has 1 aromatic heterocycles. The van der Waals surface area contributed by atoms with Crippen molar-refractivity contribution in [1.29, 1.82) is 0 Å². The third kappa shape index (κ3) is 5.16. The summed E-state index contributed by atoms with van der Waals surface area (Å²) in [6, 6.07) is 1.43. The van der Waals surface area contributed by atoms with Gasteiger partial charge in [0.1, 0.15) is 5.82 Å². The summed E-state index contributed by atoms with van der Waals surface area (Å²) < 4.78 is 0. The molecule has 2 amide bonds. The molecule has 1 aromatic rings. The summed E-state index contributed by atoms with van der Waals surface area (Å²) in [4.78, 5) is 46.1. The maximum atomic E-state index is 12.2. The SMILES string of the molecule is Cc1cc(=O)[nH]c(CCNC(=O)C2CC(=O)N(CCN(C)C)C2)n1. The van der Waals surface area contributed by atoms with E-state index in [1.54, 1.807) is 11.8 Å². The number of carbonyl (C=O) groups excluding carboxylic acids is 2. The lowest BCUT2D eigenvalue weighted by Gasteiger charge is -2.19. The summed E-state index contributed by atoms with van der Waals surface area (Å²) in [5, 5.41) is 2.83. The highest BCUT2D eigenvalue weighted by Crippen LogP contribution is 2.17. The Morgan fingerprint density at radius 2 is 2.21 bits per heavy atom.